The van der Waals surface area contributed by atoms with Gasteiger partial charge in [-0.05, 0) is 30.5 Å². The quantitative estimate of drug-likeness (QED) is 0.858. The maximum absolute atomic E-state index is 9.47. The molecule has 0 bridgehead atoms. The second-order valence-corrected chi connectivity index (χ2v) is 5.54. The Morgan fingerprint density at radius 1 is 1.33 bits per heavy atom. The van der Waals surface area contributed by atoms with E-state index in [1.54, 1.807) is 0 Å². The molecule has 0 spiro atoms. The number of rotatable bonds is 3. The Labute approximate surface area is 110 Å². The number of hydrogen-bond acceptors (Lipinski definition) is 3. The third kappa shape index (κ3) is 2.85. The Bertz CT molecular complexity index is 375. The fourth-order valence-electron chi connectivity index (χ4n) is 2.49. The van der Waals surface area contributed by atoms with Gasteiger partial charge in [0.05, 0.1) is 12.6 Å². The van der Waals surface area contributed by atoms with Crippen LogP contribution in [0.3, 0.4) is 0 Å². The number of hydrogen-bond donors (Lipinski definition) is 2. The van der Waals surface area contributed by atoms with Crippen LogP contribution in [0, 0.1) is 0 Å². The summed E-state index contributed by atoms with van der Waals surface area (Å²) in [7, 11) is 0. The van der Waals surface area contributed by atoms with E-state index in [2.05, 4.69) is 55.3 Å². The Balaban J connectivity index is 2.17. The minimum Gasteiger partial charge on any atom is -0.394 e. The van der Waals surface area contributed by atoms with Gasteiger partial charge in [-0.25, -0.2) is 0 Å². The summed E-state index contributed by atoms with van der Waals surface area (Å²) >= 11 is 0. The van der Waals surface area contributed by atoms with Gasteiger partial charge in [-0.3, -0.25) is 0 Å². The average molecular weight is 248 g/mol. The second kappa shape index (κ2) is 5.72. The molecule has 1 aliphatic rings. The van der Waals surface area contributed by atoms with Crippen LogP contribution in [-0.4, -0.2) is 36.9 Å². The largest absolute Gasteiger partial charge is 0.394 e. The molecule has 0 aliphatic carbocycles. The first-order valence-corrected chi connectivity index (χ1v) is 6.82. The highest BCUT2D eigenvalue weighted by Gasteiger charge is 2.25. The van der Waals surface area contributed by atoms with Crippen LogP contribution < -0.4 is 10.2 Å². The highest BCUT2D eigenvalue weighted by atomic mass is 16.3. The van der Waals surface area contributed by atoms with Crippen molar-refractivity contribution in [3.63, 3.8) is 0 Å². The normalized spacial score (nSPS) is 24.6. The molecule has 2 rings (SSSR count). The lowest BCUT2D eigenvalue weighted by atomic mass is 10.0. The zero-order valence-corrected chi connectivity index (χ0v) is 11.6. The third-order valence-corrected chi connectivity index (χ3v) is 3.72. The predicted molar refractivity (Wildman–Crippen MR) is 76.2 cm³/mol. The molecule has 0 radical (unpaired) electrons. The first-order valence-electron chi connectivity index (χ1n) is 6.82. The molecule has 0 saturated carbocycles. The molecule has 3 nitrogen and oxygen atoms in total. The lowest BCUT2D eigenvalue weighted by Crippen LogP contribution is -2.57. The summed E-state index contributed by atoms with van der Waals surface area (Å²) in [6, 6.07) is 9.40. The van der Waals surface area contributed by atoms with Crippen LogP contribution in [0.4, 0.5) is 5.69 Å². The van der Waals surface area contributed by atoms with E-state index in [0.29, 0.717) is 12.0 Å². The van der Waals surface area contributed by atoms with E-state index in [9.17, 15) is 5.11 Å². The molecule has 100 valence electrons. The molecule has 0 amide bonds. The van der Waals surface area contributed by atoms with Crippen LogP contribution in [-0.2, 0) is 0 Å². The van der Waals surface area contributed by atoms with Gasteiger partial charge in [-0.1, -0.05) is 26.0 Å². The lowest BCUT2D eigenvalue weighted by molar-refractivity contribution is 0.237. The molecule has 1 heterocycles. The van der Waals surface area contributed by atoms with Crippen molar-refractivity contribution in [2.24, 2.45) is 0 Å². The number of piperazine rings is 1. The number of anilines is 1. The van der Waals surface area contributed by atoms with Crippen molar-refractivity contribution in [3.8, 4) is 0 Å². The summed E-state index contributed by atoms with van der Waals surface area (Å²) in [6.45, 7) is 8.60. The van der Waals surface area contributed by atoms with Crippen molar-refractivity contribution in [2.45, 2.75) is 38.8 Å². The molecular formula is C15H24N2O. The fraction of sp³-hybridized carbons (Fsp3) is 0.600. The van der Waals surface area contributed by atoms with Crippen LogP contribution >= 0.6 is 0 Å². The molecule has 1 aromatic rings. The van der Waals surface area contributed by atoms with E-state index in [4.69, 9.17) is 0 Å². The minimum atomic E-state index is 0.186. The van der Waals surface area contributed by atoms with Crippen LogP contribution in [0.15, 0.2) is 24.3 Å². The van der Waals surface area contributed by atoms with Crippen LogP contribution in [0.5, 0.6) is 0 Å². The van der Waals surface area contributed by atoms with Crippen molar-refractivity contribution >= 4 is 5.69 Å². The van der Waals surface area contributed by atoms with Crippen molar-refractivity contribution in [3.05, 3.63) is 29.8 Å². The standard InChI is InChI=1S/C15H24N2O/c1-11(2)13-4-6-14(7-5-13)17-9-12(3)16-8-15(17)10-18/h4-7,11-12,15-16,18H,8-10H2,1-3H3. The third-order valence-electron chi connectivity index (χ3n) is 3.72. The van der Waals surface area contributed by atoms with Gasteiger partial charge < -0.3 is 15.3 Å². The molecule has 18 heavy (non-hydrogen) atoms. The van der Waals surface area contributed by atoms with Crippen molar-refractivity contribution in [2.75, 3.05) is 24.6 Å². The van der Waals surface area contributed by atoms with Crippen LogP contribution in [0.25, 0.3) is 0 Å². The van der Waals surface area contributed by atoms with E-state index < -0.39 is 0 Å². The summed E-state index contributed by atoms with van der Waals surface area (Å²) in [5.41, 5.74) is 2.58. The van der Waals surface area contributed by atoms with Crippen molar-refractivity contribution in [1.29, 1.82) is 0 Å². The molecule has 0 aromatic heterocycles. The number of benzene rings is 1. The topological polar surface area (TPSA) is 35.5 Å². The van der Waals surface area contributed by atoms with E-state index >= 15 is 0 Å². The van der Waals surface area contributed by atoms with Crippen molar-refractivity contribution < 1.29 is 5.11 Å². The zero-order valence-electron chi connectivity index (χ0n) is 11.6. The molecule has 2 unspecified atom stereocenters. The number of aliphatic hydroxyl groups is 1. The summed E-state index contributed by atoms with van der Waals surface area (Å²) in [5.74, 6) is 0.564. The van der Waals surface area contributed by atoms with Gasteiger partial charge >= 0.3 is 0 Å². The Morgan fingerprint density at radius 2 is 2.00 bits per heavy atom. The van der Waals surface area contributed by atoms with Gasteiger partial charge in [0.25, 0.3) is 0 Å². The second-order valence-electron chi connectivity index (χ2n) is 5.54. The van der Waals surface area contributed by atoms with E-state index in [0.717, 1.165) is 13.1 Å². The average Bonchev–Trinajstić information content (AvgIpc) is 2.39. The van der Waals surface area contributed by atoms with Crippen LogP contribution in [0.2, 0.25) is 0 Å². The Morgan fingerprint density at radius 3 is 2.56 bits per heavy atom. The monoisotopic (exact) mass is 248 g/mol. The summed E-state index contributed by atoms with van der Waals surface area (Å²) in [4.78, 5) is 2.31. The minimum absolute atomic E-state index is 0.186. The molecule has 2 atom stereocenters. The molecule has 1 fully saturated rings. The van der Waals surface area contributed by atoms with Gasteiger partial charge in [-0.15, -0.1) is 0 Å². The Hall–Kier alpha value is -1.06. The summed E-state index contributed by atoms with van der Waals surface area (Å²) in [6.07, 6.45) is 0. The smallest absolute Gasteiger partial charge is 0.0647 e. The lowest BCUT2D eigenvalue weighted by Gasteiger charge is -2.40. The summed E-state index contributed by atoms with van der Waals surface area (Å²) in [5, 5.41) is 12.9. The highest BCUT2D eigenvalue weighted by molar-refractivity contribution is 5.50. The highest BCUT2D eigenvalue weighted by Crippen LogP contribution is 2.23. The maximum Gasteiger partial charge on any atom is 0.0647 e. The fourth-order valence-corrected chi connectivity index (χ4v) is 2.49. The summed E-state index contributed by atoms with van der Waals surface area (Å²) < 4.78 is 0. The molecule has 3 heteroatoms. The van der Waals surface area contributed by atoms with E-state index in [1.165, 1.54) is 11.3 Å². The number of nitrogens with zero attached hydrogens (tertiary/aromatic N) is 1. The van der Waals surface area contributed by atoms with Gasteiger partial charge in [-0.2, -0.15) is 0 Å². The SMILES string of the molecule is CC1CN(c2ccc(C(C)C)cc2)C(CO)CN1. The molecule has 1 aromatic carbocycles. The van der Waals surface area contributed by atoms with Gasteiger partial charge in [0.2, 0.25) is 0 Å². The molecule has 1 saturated heterocycles. The van der Waals surface area contributed by atoms with Crippen molar-refractivity contribution in [1.82, 2.24) is 5.32 Å². The van der Waals surface area contributed by atoms with E-state index in [-0.39, 0.29) is 12.6 Å². The number of nitrogens with one attached hydrogen (secondary N) is 1. The molecule has 1 aliphatic heterocycles. The first kappa shape index (κ1) is 13.4. The zero-order chi connectivity index (χ0) is 13.1. The van der Waals surface area contributed by atoms with Gasteiger partial charge in [0, 0.05) is 24.8 Å². The van der Waals surface area contributed by atoms with Gasteiger partial charge in [0.1, 0.15) is 0 Å². The maximum atomic E-state index is 9.47. The van der Waals surface area contributed by atoms with E-state index in [1.807, 2.05) is 0 Å². The van der Waals surface area contributed by atoms with Crippen LogP contribution in [0.1, 0.15) is 32.3 Å². The van der Waals surface area contributed by atoms with Gasteiger partial charge in [0.15, 0.2) is 0 Å². The molecule has 2 N–H and O–H groups in total. The predicted octanol–water partition coefficient (Wildman–Crippen LogP) is 1.97. The first-order chi connectivity index (χ1) is 8.61. The number of aliphatic hydroxyl groups excluding tert-OH is 1. The molecular weight excluding hydrogens is 224 g/mol. The Kier molecular flexibility index (Phi) is 4.25.